The first-order valence-corrected chi connectivity index (χ1v) is 6.32. The average molecular weight is 285 g/mol. The van der Waals surface area contributed by atoms with Crippen molar-refractivity contribution in [3.05, 3.63) is 34.6 Å². The van der Waals surface area contributed by atoms with E-state index >= 15 is 0 Å². The van der Waals surface area contributed by atoms with Gasteiger partial charge in [0.25, 0.3) is 0 Å². The van der Waals surface area contributed by atoms with E-state index in [2.05, 4.69) is 5.32 Å². The van der Waals surface area contributed by atoms with Crippen molar-refractivity contribution in [1.82, 2.24) is 10.2 Å². The fraction of sp³-hybridized carbons (Fsp3) is 0.385. The molecule has 1 heterocycles. The van der Waals surface area contributed by atoms with E-state index in [1.54, 1.807) is 13.8 Å². The van der Waals surface area contributed by atoms with E-state index in [0.29, 0.717) is 10.6 Å². The van der Waals surface area contributed by atoms with E-state index in [9.17, 15) is 14.0 Å². The Morgan fingerprint density at radius 3 is 2.74 bits per heavy atom. The summed E-state index contributed by atoms with van der Waals surface area (Å²) in [7, 11) is 0. The smallest absolute Gasteiger partial charge is 0.245 e. The van der Waals surface area contributed by atoms with Crippen molar-refractivity contribution in [3.8, 4) is 0 Å². The number of nitrogens with one attached hydrogen (secondary N) is 1. The summed E-state index contributed by atoms with van der Waals surface area (Å²) in [6, 6.07) is 2.94. The molecule has 2 amide bonds. The second-order valence-electron chi connectivity index (χ2n) is 4.61. The van der Waals surface area contributed by atoms with Crippen molar-refractivity contribution in [2.24, 2.45) is 0 Å². The van der Waals surface area contributed by atoms with Crippen molar-refractivity contribution < 1.29 is 14.0 Å². The van der Waals surface area contributed by atoms with Crippen LogP contribution in [0, 0.1) is 5.82 Å². The maximum absolute atomic E-state index is 13.7. The SMILES string of the molecule is CC1NC(=O)C(C)N(Cc2cc(Cl)ccc2F)C1=O. The van der Waals surface area contributed by atoms with Crippen LogP contribution in [0.2, 0.25) is 5.02 Å². The second kappa shape index (κ2) is 5.17. The maximum Gasteiger partial charge on any atom is 0.245 e. The highest BCUT2D eigenvalue weighted by molar-refractivity contribution is 6.30. The van der Waals surface area contributed by atoms with Crippen LogP contribution in [0.25, 0.3) is 0 Å². The highest BCUT2D eigenvalue weighted by atomic mass is 35.5. The lowest BCUT2D eigenvalue weighted by Crippen LogP contribution is -2.61. The van der Waals surface area contributed by atoms with Gasteiger partial charge in [-0.25, -0.2) is 4.39 Å². The van der Waals surface area contributed by atoms with Crippen LogP contribution in [0.15, 0.2) is 18.2 Å². The van der Waals surface area contributed by atoms with Crippen LogP contribution in [0.5, 0.6) is 0 Å². The normalized spacial score (nSPS) is 23.5. The molecule has 1 aliphatic rings. The van der Waals surface area contributed by atoms with Gasteiger partial charge in [-0.3, -0.25) is 9.59 Å². The van der Waals surface area contributed by atoms with Gasteiger partial charge in [0.05, 0.1) is 0 Å². The minimum Gasteiger partial charge on any atom is -0.343 e. The summed E-state index contributed by atoms with van der Waals surface area (Å²) >= 11 is 5.82. The van der Waals surface area contributed by atoms with Gasteiger partial charge in [0.15, 0.2) is 0 Å². The van der Waals surface area contributed by atoms with Crippen molar-refractivity contribution in [3.63, 3.8) is 0 Å². The Bertz CT molecular complexity index is 535. The molecule has 4 nitrogen and oxygen atoms in total. The molecule has 2 atom stereocenters. The molecule has 1 aliphatic heterocycles. The Balaban J connectivity index is 2.27. The predicted octanol–water partition coefficient (Wildman–Crippen LogP) is 1.71. The Kier molecular flexibility index (Phi) is 3.75. The lowest BCUT2D eigenvalue weighted by molar-refractivity contribution is -0.148. The first-order chi connectivity index (χ1) is 8.90. The van der Waals surface area contributed by atoms with Crippen LogP contribution < -0.4 is 5.32 Å². The third-order valence-corrected chi connectivity index (χ3v) is 3.44. The molecule has 1 aromatic carbocycles. The third kappa shape index (κ3) is 2.71. The Morgan fingerprint density at radius 1 is 1.37 bits per heavy atom. The summed E-state index contributed by atoms with van der Waals surface area (Å²) in [5, 5.41) is 2.97. The van der Waals surface area contributed by atoms with Crippen molar-refractivity contribution in [1.29, 1.82) is 0 Å². The van der Waals surface area contributed by atoms with Gasteiger partial charge < -0.3 is 10.2 Å². The second-order valence-corrected chi connectivity index (χ2v) is 5.04. The van der Waals surface area contributed by atoms with Crippen LogP contribution in [0.3, 0.4) is 0 Å². The molecular weight excluding hydrogens is 271 g/mol. The van der Waals surface area contributed by atoms with Crippen LogP contribution in [0.1, 0.15) is 19.4 Å². The largest absolute Gasteiger partial charge is 0.343 e. The monoisotopic (exact) mass is 284 g/mol. The predicted molar refractivity (Wildman–Crippen MR) is 69.0 cm³/mol. The number of carbonyl (C=O) groups is 2. The van der Waals surface area contributed by atoms with Gasteiger partial charge in [0, 0.05) is 17.1 Å². The molecule has 1 fully saturated rings. The molecule has 102 valence electrons. The standard InChI is InChI=1S/C13H14ClFN2O2/c1-7-13(19)17(8(2)12(18)16-7)6-9-5-10(14)3-4-11(9)15/h3-5,7-8H,6H2,1-2H3,(H,16,18). The van der Waals surface area contributed by atoms with Crippen molar-refractivity contribution in [2.75, 3.05) is 0 Å². The number of benzene rings is 1. The van der Waals surface area contributed by atoms with Crippen molar-refractivity contribution in [2.45, 2.75) is 32.5 Å². The minimum atomic E-state index is -0.623. The Morgan fingerprint density at radius 2 is 2.05 bits per heavy atom. The topological polar surface area (TPSA) is 49.4 Å². The molecule has 0 aliphatic carbocycles. The van der Waals surface area contributed by atoms with E-state index in [1.165, 1.54) is 23.1 Å². The zero-order valence-electron chi connectivity index (χ0n) is 10.6. The molecule has 19 heavy (non-hydrogen) atoms. The first kappa shape index (κ1) is 13.8. The number of halogens is 2. The minimum absolute atomic E-state index is 0.0319. The van der Waals surface area contributed by atoms with Gasteiger partial charge in [-0.05, 0) is 32.0 Å². The first-order valence-electron chi connectivity index (χ1n) is 5.95. The van der Waals surface area contributed by atoms with Gasteiger partial charge in [-0.2, -0.15) is 0 Å². The number of amides is 2. The highest BCUT2D eigenvalue weighted by Crippen LogP contribution is 2.20. The molecule has 2 unspecified atom stereocenters. The number of carbonyl (C=O) groups excluding carboxylic acids is 2. The molecule has 0 spiro atoms. The van der Waals surface area contributed by atoms with Gasteiger partial charge >= 0.3 is 0 Å². The van der Waals surface area contributed by atoms with Gasteiger partial charge in [-0.15, -0.1) is 0 Å². The number of nitrogens with zero attached hydrogens (tertiary/aromatic N) is 1. The summed E-state index contributed by atoms with van der Waals surface area (Å²) < 4.78 is 13.7. The van der Waals surface area contributed by atoms with Gasteiger partial charge in [-0.1, -0.05) is 11.6 Å². The molecule has 2 rings (SSSR count). The summed E-state index contributed by atoms with van der Waals surface area (Å²) in [5.41, 5.74) is 0.301. The Hall–Kier alpha value is -1.62. The summed E-state index contributed by atoms with van der Waals surface area (Å²) in [5.74, 6) is -0.913. The van der Waals surface area contributed by atoms with Crippen LogP contribution in [0.4, 0.5) is 4.39 Å². The van der Waals surface area contributed by atoms with Crippen LogP contribution in [-0.2, 0) is 16.1 Å². The molecule has 1 N–H and O–H groups in total. The molecule has 1 aromatic rings. The molecular formula is C13H14ClFN2O2. The van der Waals surface area contributed by atoms with E-state index in [-0.39, 0.29) is 18.4 Å². The molecule has 0 radical (unpaired) electrons. The summed E-state index contributed by atoms with van der Waals surface area (Å²) in [4.78, 5) is 25.1. The maximum atomic E-state index is 13.7. The molecule has 0 saturated carbocycles. The van der Waals surface area contributed by atoms with Crippen molar-refractivity contribution >= 4 is 23.4 Å². The van der Waals surface area contributed by atoms with E-state index in [1.807, 2.05) is 0 Å². The number of hydrogen-bond donors (Lipinski definition) is 1. The average Bonchev–Trinajstić information content (AvgIpc) is 2.36. The summed E-state index contributed by atoms with van der Waals surface area (Å²) in [6.45, 7) is 3.25. The fourth-order valence-corrected chi connectivity index (χ4v) is 2.23. The third-order valence-electron chi connectivity index (χ3n) is 3.21. The zero-order chi connectivity index (χ0) is 14.2. The fourth-order valence-electron chi connectivity index (χ4n) is 2.04. The lowest BCUT2D eigenvalue weighted by atomic mass is 10.1. The van der Waals surface area contributed by atoms with Crippen LogP contribution >= 0.6 is 11.6 Å². The van der Waals surface area contributed by atoms with Crippen LogP contribution in [-0.4, -0.2) is 28.8 Å². The quantitative estimate of drug-likeness (QED) is 0.899. The lowest BCUT2D eigenvalue weighted by Gasteiger charge is -2.36. The van der Waals surface area contributed by atoms with E-state index < -0.39 is 17.9 Å². The summed E-state index contributed by atoms with van der Waals surface area (Å²) in [6.07, 6.45) is 0. The van der Waals surface area contributed by atoms with Gasteiger partial charge in [0.1, 0.15) is 17.9 Å². The van der Waals surface area contributed by atoms with Gasteiger partial charge in [0.2, 0.25) is 11.8 Å². The number of piperazine rings is 1. The molecule has 0 bridgehead atoms. The molecule has 6 heteroatoms. The Labute approximate surface area is 115 Å². The van der Waals surface area contributed by atoms with E-state index in [0.717, 1.165) is 0 Å². The molecule has 1 saturated heterocycles. The van der Waals surface area contributed by atoms with E-state index in [4.69, 9.17) is 11.6 Å². The number of hydrogen-bond acceptors (Lipinski definition) is 2. The number of rotatable bonds is 2. The zero-order valence-corrected chi connectivity index (χ0v) is 11.4. The highest BCUT2D eigenvalue weighted by Gasteiger charge is 2.35. The molecule has 0 aromatic heterocycles.